The van der Waals surface area contributed by atoms with E-state index in [4.69, 9.17) is 0 Å². The number of hydrogen-bond acceptors (Lipinski definition) is 2. The van der Waals surface area contributed by atoms with Gasteiger partial charge in [-0.3, -0.25) is 4.98 Å². The summed E-state index contributed by atoms with van der Waals surface area (Å²) >= 11 is 0. The number of rotatable bonds is 4. The molecule has 0 aliphatic carbocycles. The molecule has 0 radical (unpaired) electrons. The van der Waals surface area contributed by atoms with Crippen LogP contribution in [0.4, 0.5) is 14.5 Å². The Morgan fingerprint density at radius 3 is 2.76 bits per heavy atom. The van der Waals surface area contributed by atoms with Crippen LogP contribution >= 0.6 is 0 Å². The number of pyridine rings is 1. The first kappa shape index (κ1) is 13.5. The van der Waals surface area contributed by atoms with Crippen LogP contribution in [-0.4, -0.2) is 4.98 Å². The van der Waals surface area contributed by atoms with Gasteiger partial charge in [0.15, 0.2) is 0 Å². The number of hydrogen-bond donors (Lipinski definition) is 1. The van der Waals surface area contributed by atoms with Crippen molar-refractivity contribution in [2.45, 2.75) is 13.0 Å². The summed E-state index contributed by atoms with van der Waals surface area (Å²) in [6.07, 6.45) is 1.11. The maximum absolute atomic E-state index is 12.7. The van der Waals surface area contributed by atoms with Gasteiger partial charge in [-0.2, -0.15) is 0 Å². The van der Waals surface area contributed by atoms with E-state index in [1.165, 1.54) is 12.1 Å². The highest BCUT2D eigenvalue weighted by Crippen LogP contribution is 2.24. The Morgan fingerprint density at radius 1 is 1.05 bits per heavy atom. The lowest BCUT2D eigenvalue weighted by atomic mass is 10.1. The molecule has 106 valence electrons. The Balaban J connectivity index is 1.82. The number of fused-ring (bicyclic) bond motifs is 1. The van der Waals surface area contributed by atoms with Gasteiger partial charge in [-0.1, -0.05) is 30.3 Å². The summed E-state index contributed by atoms with van der Waals surface area (Å²) in [5.74, 6) is 0. The largest absolute Gasteiger partial charge is 0.380 e. The minimum Gasteiger partial charge on any atom is -0.380 e. The van der Waals surface area contributed by atoms with E-state index in [2.05, 4.69) is 10.3 Å². The Kier molecular flexibility index (Phi) is 3.77. The molecule has 0 saturated carbocycles. The summed E-state index contributed by atoms with van der Waals surface area (Å²) in [6.45, 7) is 0.502. The average Bonchev–Trinajstić information content (AvgIpc) is 2.53. The zero-order chi connectivity index (χ0) is 14.7. The highest BCUT2D eigenvalue weighted by molar-refractivity contribution is 5.93. The fourth-order valence-electron chi connectivity index (χ4n) is 2.31. The lowest BCUT2D eigenvalue weighted by Crippen LogP contribution is -2.00. The van der Waals surface area contributed by atoms with Gasteiger partial charge in [-0.05, 0) is 23.8 Å². The normalized spacial score (nSPS) is 11.0. The number of nitrogens with zero attached hydrogens (tertiary/aromatic N) is 1. The highest BCUT2D eigenvalue weighted by Gasteiger charge is 2.07. The molecule has 0 saturated heterocycles. The molecule has 3 aromatic rings. The Morgan fingerprint density at radius 2 is 1.90 bits per heavy atom. The zero-order valence-corrected chi connectivity index (χ0v) is 11.3. The van der Waals surface area contributed by atoms with Gasteiger partial charge in [0.1, 0.15) is 0 Å². The van der Waals surface area contributed by atoms with Crippen LogP contribution in [0.5, 0.6) is 0 Å². The second-order valence-electron chi connectivity index (χ2n) is 4.80. The van der Waals surface area contributed by atoms with Crippen LogP contribution in [0.15, 0.2) is 60.9 Å². The van der Waals surface area contributed by atoms with Gasteiger partial charge in [0, 0.05) is 41.0 Å². The minimum absolute atomic E-state index is 0.0522. The van der Waals surface area contributed by atoms with E-state index >= 15 is 0 Å². The molecular formula is C17H14F2N2. The molecule has 0 fully saturated rings. The monoisotopic (exact) mass is 284 g/mol. The Labute approximate surface area is 121 Å². The van der Waals surface area contributed by atoms with Crippen molar-refractivity contribution in [1.82, 2.24) is 4.98 Å². The van der Waals surface area contributed by atoms with Gasteiger partial charge in [-0.25, -0.2) is 8.78 Å². The summed E-state index contributed by atoms with van der Waals surface area (Å²) < 4.78 is 25.4. The number of benzene rings is 2. The molecule has 0 spiro atoms. The number of alkyl halides is 2. The number of aromatic nitrogens is 1. The van der Waals surface area contributed by atoms with Crippen molar-refractivity contribution < 1.29 is 8.78 Å². The van der Waals surface area contributed by atoms with Crippen LogP contribution in [0.25, 0.3) is 10.8 Å². The fourth-order valence-corrected chi connectivity index (χ4v) is 2.31. The molecule has 0 unspecified atom stereocenters. The van der Waals surface area contributed by atoms with Crippen LogP contribution in [0.1, 0.15) is 17.6 Å². The first-order valence-electron chi connectivity index (χ1n) is 6.67. The molecule has 0 aliphatic heterocycles. The van der Waals surface area contributed by atoms with Crippen LogP contribution in [0, 0.1) is 0 Å². The minimum atomic E-state index is -2.44. The van der Waals surface area contributed by atoms with E-state index in [1.54, 1.807) is 18.5 Å². The number of nitrogens with one attached hydrogen (secondary N) is 1. The third-order valence-electron chi connectivity index (χ3n) is 3.37. The molecule has 0 aliphatic rings. The lowest BCUT2D eigenvalue weighted by molar-refractivity contribution is 0.151. The predicted molar refractivity (Wildman–Crippen MR) is 80.5 cm³/mol. The number of halogens is 2. The van der Waals surface area contributed by atoms with Gasteiger partial charge in [-0.15, -0.1) is 0 Å². The molecule has 3 rings (SSSR count). The van der Waals surface area contributed by atoms with Crippen LogP contribution in [0.3, 0.4) is 0 Å². The molecule has 2 aromatic carbocycles. The molecule has 4 heteroatoms. The van der Waals surface area contributed by atoms with Gasteiger partial charge in [0.2, 0.25) is 0 Å². The van der Waals surface area contributed by atoms with E-state index in [0.29, 0.717) is 6.54 Å². The quantitative estimate of drug-likeness (QED) is 0.745. The molecule has 1 N–H and O–H groups in total. The molecular weight excluding hydrogens is 270 g/mol. The van der Waals surface area contributed by atoms with Gasteiger partial charge in [0.25, 0.3) is 6.43 Å². The van der Waals surface area contributed by atoms with Crippen molar-refractivity contribution in [1.29, 1.82) is 0 Å². The summed E-state index contributed by atoms with van der Waals surface area (Å²) in [5, 5.41) is 5.41. The summed E-state index contributed by atoms with van der Waals surface area (Å²) in [4.78, 5) is 4.09. The molecule has 0 amide bonds. The predicted octanol–water partition coefficient (Wildman–Crippen LogP) is 4.78. The Hall–Kier alpha value is -2.49. The standard InChI is InChI=1S/C17H14F2N2/c18-17(19)13-4-1-3-12(9-13)10-21-16-6-2-5-14-11-20-8-7-15(14)16/h1-9,11,17,21H,10H2. The molecule has 1 heterocycles. The summed E-state index contributed by atoms with van der Waals surface area (Å²) in [7, 11) is 0. The average molecular weight is 284 g/mol. The van der Waals surface area contributed by atoms with Gasteiger partial charge in [0.05, 0.1) is 0 Å². The van der Waals surface area contributed by atoms with E-state index in [9.17, 15) is 8.78 Å². The summed E-state index contributed by atoms with van der Waals surface area (Å²) in [5.41, 5.74) is 1.85. The van der Waals surface area contributed by atoms with Crippen molar-refractivity contribution in [3.05, 3.63) is 72.1 Å². The summed E-state index contributed by atoms with van der Waals surface area (Å²) in [6, 6.07) is 14.3. The van der Waals surface area contributed by atoms with Crippen molar-refractivity contribution in [3.8, 4) is 0 Å². The van der Waals surface area contributed by atoms with Crippen molar-refractivity contribution in [2.75, 3.05) is 5.32 Å². The second-order valence-corrected chi connectivity index (χ2v) is 4.80. The van der Waals surface area contributed by atoms with E-state index in [0.717, 1.165) is 22.0 Å². The maximum Gasteiger partial charge on any atom is 0.263 e. The molecule has 2 nitrogen and oxygen atoms in total. The second kappa shape index (κ2) is 5.87. The highest BCUT2D eigenvalue weighted by atomic mass is 19.3. The molecule has 0 atom stereocenters. The topological polar surface area (TPSA) is 24.9 Å². The van der Waals surface area contributed by atoms with Crippen molar-refractivity contribution in [2.24, 2.45) is 0 Å². The Bertz CT molecular complexity index is 751. The third-order valence-corrected chi connectivity index (χ3v) is 3.37. The molecule has 21 heavy (non-hydrogen) atoms. The van der Waals surface area contributed by atoms with Crippen LogP contribution in [-0.2, 0) is 6.54 Å². The van der Waals surface area contributed by atoms with Gasteiger partial charge < -0.3 is 5.32 Å². The number of anilines is 1. The zero-order valence-electron chi connectivity index (χ0n) is 11.3. The van der Waals surface area contributed by atoms with Crippen molar-refractivity contribution >= 4 is 16.5 Å². The first-order valence-corrected chi connectivity index (χ1v) is 6.67. The SMILES string of the molecule is FC(F)c1cccc(CNc2cccc3cnccc23)c1. The van der Waals surface area contributed by atoms with E-state index in [1.807, 2.05) is 30.3 Å². The van der Waals surface area contributed by atoms with E-state index < -0.39 is 6.43 Å². The smallest absolute Gasteiger partial charge is 0.263 e. The lowest BCUT2D eigenvalue weighted by Gasteiger charge is -2.10. The van der Waals surface area contributed by atoms with Crippen molar-refractivity contribution in [3.63, 3.8) is 0 Å². The molecule has 1 aromatic heterocycles. The van der Waals surface area contributed by atoms with Crippen LogP contribution in [0.2, 0.25) is 0 Å². The fraction of sp³-hybridized carbons (Fsp3) is 0.118. The third kappa shape index (κ3) is 2.99. The molecule has 0 bridgehead atoms. The maximum atomic E-state index is 12.7. The first-order chi connectivity index (χ1) is 10.2. The van der Waals surface area contributed by atoms with Crippen LogP contribution < -0.4 is 5.32 Å². The van der Waals surface area contributed by atoms with Gasteiger partial charge >= 0.3 is 0 Å². The van der Waals surface area contributed by atoms with E-state index in [-0.39, 0.29) is 5.56 Å².